The van der Waals surface area contributed by atoms with E-state index in [0.717, 1.165) is 18.1 Å². The molecule has 0 radical (unpaired) electrons. The molecule has 3 atom stereocenters. The Morgan fingerprint density at radius 2 is 2.11 bits per heavy atom. The molecule has 1 aromatic rings. The van der Waals surface area contributed by atoms with Gasteiger partial charge in [-0.25, -0.2) is 0 Å². The van der Waals surface area contributed by atoms with Crippen LogP contribution in [0.2, 0.25) is 0 Å². The molecule has 3 heteroatoms. The van der Waals surface area contributed by atoms with Crippen molar-refractivity contribution in [2.75, 3.05) is 7.05 Å². The third-order valence-corrected chi connectivity index (χ3v) is 5.96. The van der Waals surface area contributed by atoms with Crippen LogP contribution in [0.5, 0.6) is 0 Å². The molecule has 19 heavy (non-hydrogen) atoms. The predicted octanol–water partition coefficient (Wildman–Crippen LogP) is 3.80. The van der Waals surface area contributed by atoms with Crippen molar-refractivity contribution in [1.82, 2.24) is 10.2 Å². The second-order valence-electron chi connectivity index (χ2n) is 6.11. The van der Waals surface area contributed by atoms with Crippen LogP contribution < -0.4 is 5.32 Å². The maximum Gasteiger partial charge on any atom is 0.0447 e. The number of hydrogen-bond donors (Lipinski definition) is 1. The Labute approximate surface area is 121 Å². The van der Waals surface area contributed by atoms with Gasteiger partial charge >= 0.3 is 0 Å². The molecular weight excluding hydrogens is 252 g/mol. The van der Waals surface area contributed by atoms with Gasteiger partial charge in [-0.2, -0.15) is 0 Å². The molecule has 1 N–H and O–H groups in total. The highest BCUT2D eigenvalue weighted by Gasteiger charge is 2.43. The maximum absolute atomic E-state index is 3.51. The van der Waals surface area contributed by atoms with Crippen LogP contribution in [-0.2, 0) is 0 Å². The Kier molecular flexibility index (Phi) is 4.25. The van der Waals surface area contributed by atoms with Crippen molar-refractivity contribution in [3.8, 4) is 0 Å². The molecule has 2 aliphatic rings. The van der Waals surface area contributed by atoms with Crippen LogP contribution >= 0.6 is 11.3 Å². The molecule has 0 amide bonds. The van der Waals surface area contributed by atoms with Gasteiger partial charge in [0.15, 0.2) is 0 Å². The van der Waals surface area contributed by atoms with E-state index in [9.17, 15) is 0 Å². The normalized spacial score (nSPS) is 32.6. The highest BCUT2D eigenvalue weighted by Crippen LogP contribution is 2.43. The minimum atomic E-state index is 0.681. The van der Waals surface area contributed by atoms with Crippen LogP contribution in [0.3, 0.4) is 0 Å². The van der Waals surface area contributed by atoms with Gasteiger partial charge in [0.25, 0.3) is 0 Å². The third-order valence-electron chi connectivity index (χ3n) is 4.99. The van der Waals surface area contributed by atoms with Crippen molar-refractivity contribution in [1.29, 1.82) is 0 Å². The highest BCUT2D eigenvalue weighted by molar-refractivity contribution is 7.10. The number of piperidine rings is 1. The average Bonchev–Trinajstić information content (AvgIpc) is 3.03. The van der Waals surface area contributed by atoms with Crippen LogP contribution in [0.25, 0.3) is 0 Å². The number of hydrogen-bond acceptors (Lipinski definition) is 3. The summed E-state index contributed by atoms with van der Waals surface area (Å²) in [6, 6.07) is 7.61. The van der Waals surface area contributed by atoms with E-state index in [1.54, 1.807) is 4.88 Å². The van der Waals surface area contributed by atoms with Crippen LogP contribution in [0, 0.1) is 0 Å². The van der Waals surface area contributed by atoms with Crippen molar-refractivity contribution in [2.24, 2.45) is 0 Å². The molecule has 2 aliphatic heterocycles. The molecule has 0 aromatic carbocycles. The zero-order chi connectivity index (χ0) is 13.2. The monoisotopic (exact) mass is 278 g/mol. The van der Waals surface area contributed by atoms with Gasteiger partial charge in [-0.15, -0.1) is 11.3 Å². The molecule has 2 saturated heterocycles. The van der Waals surface area contributed by atoms with Crippen LogP contribution in [0.4, 0.5) is 0 Å². The molecular formula is C16H26N2S. The van der Waals surface area contributed by atoms with E-state index in [2.05, 4.69) is 41.7 Å². The molecule has 3 unspecified atom stereocenters. The first kappa shape index (κ1) is 13.6. The molecule has 0 aliphatic carbocycles. The van der Waals surface area contributed by atoms with Gasteiger partial charge in [0, 0.05) is 29.0 Å². The van der Waals surface area contributed by atoms with Crippen LogP contribution in [0.15, 0.2) is 17.5 Å². The van der Waals surface area contributed by atoms with Gasteiger partial charge < -0.3 is 5.32 Å². The Morgan fingerprint density at radius 1 is 1.37 bits per heavy atom. The van der Waals surface area contributed by atoms with Gasteiger partial charge in [-0.05, 0) is 50.6 Å². The number of nitrogens with one attached hydrogen (secondary N) is 1. The van der Waals surface area contributed by atoms with E-state index in [0.29, 0.717) is 6.04 Å². The average molecular weight is 278 g/mol. The molecule has 2 nitrogen and oxygen atoms in total. The Bertz CT molecular complexity index is 375. The molecule has 3 heterocycles. The summed E-state index contributed by atoms with van der Waals surface area (Å²) >= 11 is 1.95. The van der Waals surface area contributed by atoms with Gasteiger partial charge in [-0.1, -0.05) is 19.4 Å². The van der Waals surface area contributed by atoms with Crippen molar-refractivity contribution in [2.45, 2.75) is 69.6 Å². The number of rotatable bonds is 5. The summed E-state index contributed by atoms with van der Waals surface area (Å²) in [6.45, 7) is 2.32. The number of thiophene rings is 1. The van der Waals surface area contributed by atoms with Crippen molar-refractivity contribution in [3.05, 3.63) is 22.4 Å². The summed E-state index contributed by atoms with van der Waals surface area (Å²) in [6.07, 6.45) is 8.12. The largest absolute Gasteiger partial charge is 0.317 e. The van der Waals surface area contributed by atoms with E-state index >= 15 is 0 Å². The van der Waals surface area contributed by atoms with Crippen molar-refractivity contribution >= 4 is 11.3 Å². The SMILES string of the molecule is CCCC(c1cccs1)N1C2CCC1CC(NC)C2. The van der Waals surface area contributed by atoms with E-state index < -0.39 is 0 Å². The lowest BCUT2D eigenvalue weighted by molar-refractivity contribution is 0.0676. The summed E-state index contributed by atoms with van der Waals surface area (Å²) in [7, 11) is 2.13. The summed E-state index contributed by atoms with van der Waals surface area (Å²) in [5.74, 6) is 0. The van der Waals surface area contributed by atoms with E-state index in [4.69, 9.17) is 0 Å². The fourth-order valence-corrected chi connectivity index (χ4v) is 5.02. The fourth-order valence-electron chi connectivity index (χ4n) is 4.15. The number of fused-ring (bicyclic) bond motifs is 2. The zero-order valence-corrected chi connectivity index (χ0v) is 13.0. The second kappa shape index (κ2) is 5.94. The van der Waals surface area contributed by atoms with Gasteiger partial charge in [0.2, 0.25) is 0 Å². The molecule has 3 rings (SSSR count). The first-order valence-electron chi connectivity index (χ1n) is 7.81. The Morgan fingerprint density at radius 3 is 2.63 bits per heavy atom. The van der Waals surface area contributed by atoms with Gasteiger partial charge in [-0.3, -0.25) is 4.90 Å². The first-order valence-corrected chi connectivity index (χ1v) is 8.69. The summed E-state index contributed by atoms with van der Waals surface area (Å²) < 4.78 is 0. The van der Waals surface area contributed by atoms with Crippen molar-refractivity contribution < 1.29 is 0 Å². The van der Waals surface area contributed by atoms with Gasteiger partial charge in [0.05, 0.1) is 0 Å². The molecule has 2 fully saturated rings. The lowest BCUT2D eigenvalue weighted by Crippen LogP contribution is -2.49. The molecule has 0 saturated carbocycles. The summed E-state index contributed by atoms with van der Waals surface area (Å²) in [4.78, 5) is 4.46. The van der Waals surface area contributed by atoms with E-state index in [1.807, 2.05) is 11.3 Å². The molecule has 106 valence electrons. The van der Waals surface area contributed by atoms with Crippen molar-refractivity contribution in [3.63, 3.8) is 0 Å². The van der Waals surface area contributed by atoms with E-state index in [-0.39, 0.29) is 0 Å². The second-order valence-corrected chi connectivity index (χ2v) is 7.09. The van der Waals surface area contributed by atoms with Crippen LogP contribution in [-0.4, -0.2) is 30.1 Å². The van der Waals surface area contributed by atoms with Gasteiger partial charge in [0.1, 0.15) is 0 Å². The topological polar surface area (TPSA) is 15.3 Å². The smallest absolute Gasteiger partial charge is 0.0447 e. The Hall–Kier alpha value is -0.380. The van der Waals surface area contributed by atoms with E-state index in [1.165, 1.54) is 38.5 Å². The third kappa shape index (κ3) is 2.61. The molecule has 2 bridgehead atoms. The fraction of sp³-hybridized carbons (Fsp3) is 0.750. The summed E-state index contributed by atoms with van der Waals surface area (Å²) in [5, 5.41) is 5.74. The van der Waals surface area contributed by atoms with Crippen LogP contribution in [0.1, 0.15) is 56.4 Å². The lowest BCUT2D eigenvalue weighted by atomic mass is 9.94. The quantitative estimate of drug-likeness (QED) is 0.881. The maximum atomic E-state index is 3.51. The minimum absolute atomic E-state index is 0.681. The number of nitrogens with zero attached hydrogens (tertiary/aromatic N) is 1. The Balaban J connectivity index is 1.80. The highest BCUT2D eigenvalue weighted by atomic mass is 32.1. The first-order chi connectivity index (χ1) is 9.33. The zero-order valence-electron chi connectivity index (χ0n) is 12.1. The lowest BCUT2D eigenvalue weighted by Gasteiger charge is -2.43. The predicted molar refractivity (Wildman–Crippen MR) is 82.7 cm³/mol. The molecule has 0 spiro atoms. The molecule has 1 aromatic heterocycles. The summed E-state index contributed by atoms with van der Waals surface area (Å²) in [5.41, 5.74) is 0. The standard InChI is InChI=1S/C16H26N2S/c1-3-5-15(16-6-4-9-19-16)18-13-7-8-14(18)11-12(10-13)17-2/h4,6,9,12-15,17H,3,5,7-8,10-11H2,1-2H3. The minimum Gasteiger partial charge on any atom is -0.317 e.